The van der Waals surface area contributed by atoms with Crippen LogP contribution in [0.15, 0.2) is 24.8 Å². The van der Waals surface area contributed by atoms with Gasteiger partial charge in [-0.25, -0.2) is 15.0 Å². The number of anilines is 2. The van der Waals surface area contributed by atoms with Crippen molar-refractivity contribution in [1.82, 2.24) is 25.1 Å². The number of hydrogen-bond donors (Lipinski definition) is 3. The van der Waals surface area contributed by atoms with E-state index < -0.39 is 5.97 Å². The Kier molecular flexibility index (Phi) is 3.35. The van der Waals surface area contributed by atoms with Gasteiger partial charge in [0.2, 0.25) is 0 Å². The molecule has 0 amide bonds. The summed E-state index contributed by atoms with van der Waals surface area (Å²) in [5.74, 6) is 0.343. The molecular formula is C17H14N6O2S. The molecule has 5 rings (SSSR count). The van der Waals surface area contributed by atoms with Crippen molar-refractivity contribution in [1.29, 1.82) is 0 Å². The lowest BCUT2D eigenvalue weighted by Gasteiger charge is -2.18. The largest absolute Gasteiger partial charge is 0.481 e. The lowest BCUT2D eigenvalue weighted by Crippen LogP contribution is -2.21. The molecule has 4 aromatic heterocycles. The van der Waals surface area contributed by atoms with Gasteiger partial charge in [-0.3, -0.25) is 9.89 Å². The maximum atomic E-state index is 11.3. The molecule has 0 saturated heterocycles. The van der Waals surface area contributed by atoms with E-state index in [2.05, 4.69) is 30.5 Å². The smallest absolute Gasteiger partial charge is 0.306 e. The summed E-state index contributed by atoms with van der Waals surface area (Å²) in [4.78, 5) is 26.5. The molecule has 1 aliphatic carbocycles. The second-order valence-electron chi connectivity index (χ2n) is 6.34. The molecule has 3 N–H and O–H groups in total. The van der Waals surface area contributed by atoms with Crippen molar-refractivity contribution in [2.75, 3.05) is 5.32 Å². The van der Waals surface area contributed by atoms with Gasteiger partial charge in [0.1, 0.15) is 22.8 Å². The van der Waals surface area contributed by atoms with Crippen molar-refractivity contribution in [2.45, 2.75) is 19.3 Å². The monoisotopic (exact) mass is 366 g/mol. The van der Waals surface area contributed by atoms with Gasteiger partial charge >= 0.3 is 5.97 Å². The Morgan fingerprint density at radius 3 is 3.12 bits per heavy atom. The number of carboxylic acids is 1. The first-order chi connectivity index (χ1) is 12.7. The maximum Gasteiger partial charge on any atom is 0.306 e. The Bertz CT molecular complexity index is 1150. The van der Waals surface area contributed by atoms with Crippen LogP contribution in [0, 0.1) is 5.92 Å². The van der Waals surface area contributed by atoms with Crippen molar-refractivity contribution in [3.8, 4) is 0 Å². The van der Waals surface area contributed by atoms with E-state index in [9.17, 15) is 9.90 Å². The minimum absolute atomic E-state index is 0.315. The van der Waals surface area contributed by atoms with Crippen LogP contribution < -0.4 is 5.32 Å². The fourth-order valence-electron chi connectivity index (χ4n) is 3.45. The average Bonchev–Trinajstić information content (AvgIpc) is 3.25. The van der Waals surface area contributed by atoms with Crippen molar-refractivity contribution < 1.29 is 9.90 Å². The predicted octanol–water partition coefficient (Wildman–Crippen LogP) is 2.90. The van der Waals surface area contributed by atoms with Gasteiger partial charge in [0.25, 0.3) is 0 Å². The summed E-state index contributed by atoms with van der Waals surface area (Å²) < 4.78 is 0. The van der Waals surface area contributed by atoms with Crippen LogP contribution in [0.4, 0.5) is 11.6 Å². The summed E-state index contributed by atoms with van der Waals surface area (Å²) in [6.45, 7) is 0. The number of fused-ring (bicyclic) bond motifs is 4. The number of pyridine rings is 1. The third-order valence-corrected chi connectivity index (χ3v) is 5.93. The number of H-pyrrole nitrogens is 1. The second kappa shape index (κ2) is 5.73. The van der Waals surface area contributed by atoms with Gasteiger partial charge in [-0.15, -0.1) is 11.3 Å². The molecule has 8 nitrogen and oxygen atoms in total. The Balaban J connectivity index is 1.57. The van der Waals surface area contributed by atoms with E-state index in [-0.39, 0.29) is 5.92 Å². The number of rotatable bonds is 3. The number of carbonyl (C=O) groups is 1. The molecule has 4 heterocycles. The maximum absolute atomic E-state index is 11.3. The van der Waals surface area contributed by atoms with Gasteiger partial charge < -0.3 is 10.4 Å². The van der Waals surface area contributed by atoms with Gasteiger partial charge in [0.05, 0.1) is 29.2 Å². The van der Waals surface area contributed by atoms with Crippen LogP contribution in [0.5, 0.6) is 0 Å². The average molecular weight is 366 g/mol. The quantitative estimate of drug-likeness (QED) is 0.510. The van der Waals surface area contributed by atoms with E-state index in [1.807, 2.05) is 6.07 Å². The molecule has 0 radical (unpaired) electrons. The minimum Gasteiger partial charge on any atom is -0.481 e. The van der Waals surface area contributed by atoms with E-state index in [0.717, 1.165) is 38.0 Å². The summed E-state index contributed by atoms with van der Waals surface area (Å²) >= 11 is 1.56. The Morgan fingerprint density at radius 2 is 2.23 bits per heavy atom. The van der Waals surface area contributed by atoms with Crippen molar-refractivity contribution in [3.05, 3.63) is 35.2 Å². The van der Waals surface area contributed by atoms with Crippen LogP contribution in [0.2, 0.25) is 0 Å². The molecule has 0 aromatic carbocycles. The van der Waals surface area contributed by atoms with Gasteiger partial charge in [-0.1, -0.05) is 0 Å². The summed E-state index contributed by atoms with van der Waals surface area (Å²) in [6, 6.07) is 1.91. The number of nitrogens with one attached hydrogen (secondary N) is 2. The number of carboxylic acid groups (broad SMARTS) is 1. The summed E-state index contributed by atoms with van der Waals surface area (Å²) in [6.07, 6.45) is 6.92. The Labute approximate surface area is 151 Å². The molecule has 0 spiro atoms. The zero-order valence-electron chi connectivity index (χ0n) is 13.6. The minimum atomic E-state index is -0.727. The Morgan fingerprint density at radius 1 is 1.31 bits per heavy atom. The highest BCUT2D eigenvalue weighted by atomic mass is 32.1. The van der Waals surface area contributed by atoms with Crippen LogP contribution in [-0.4, -0.2) is 36.2 Å². The van der Waals surface area contributed by atoms with Crippen molar-refractivity contribution in [3.63, 3.8) is 0 Å². The van der Waals surface area contributed by atoms with Crippen molar-refractivity contribution in [2.24, 2.45) is 5.92 Å². The lowest BCUT2D eigenvalue weighted by molar-refractivity contribution is -0.142. The number of aromatic amines is 1. The zero-order valence-corrected chi connectivity index (χ0v) is 14.4. The van der Waals surface area contributed by atoms with Crippen molar-refractivity contribution >= 4 is 50.1 Å². The third kappa shape index (κ3) is 2.39. The van der Waals surface area contributed by atoms with E-state index in [1.54, 1.807) is 23.7 Å². The number of hydrogen-bond acceptors (Lipinski definition) is 7. The first-order valence-corrected chi connectivity index (χ1v) is 9.05. The molecule has 0 aliphatic heterocycles. The summed E-state index contributed by atoms with van der Waals surface area (Å²) in [5.41, 5.74) is 2.03. The highest BCUT2D eigenvalue weighted by Gasteiger charge is 2.28. The third-order valence-electron chi connectivity index (χ3n) is 4.77. The normalized spacial score (nSPS) is 16.7. The fraction of sp³-hybridized carbons (Fsp3) is 0.235. The molecular weight excluding hydrogens is 352 g/mol. The van der Waals surface area contributed by atoms with Gasteiger partial charge in [0, 0.05) is 10.3 Å². The molecule has 9 heteroatoms. The van der Waals surface area contributed by atoms with Gasteiger partial charge in [-0.05, 0) is 30.9 Å². The van der Waals surface area contributed by atoms with Crippen LogP contribution in [-0.2, 0) is 17.6 Å². The molecule has 4 aromatic rings. The molecule has 0 fully saturated rings. The molecule has 0 bridgehead atoms. The number of thiophene rings is 1. The van der Waals surface area contributed by atoms with Crippen LogP contribution in [0.25, 0.3) is 21.1 Å². The molecule has 130 valence electrons. The molecule has 0 saturated carbocycles. The van der Waals surface area contributed by atoms with E-state index in [1.165, 1.54) is 6.33 Å². The van der Waals surface area contributed by atoms with E-state index in [4.69, 9.17) is 0 Å². The topological polar surface area (TPSA) is 117 Å². The number of aryl methyl sites for hydroxylation is 1. The summed E-state index contributed by atoms with van der Waals surface area (Å²) in [7, 11) is 0. The predicted molar refractivity (Wildman–Crippen MR) is 97.7 cm³/mol. The van der Waals surface area contributed by atoms with Gasteiger partial charge in [0.15, 0.2) is 0 Å². The highest BCUT2D eigenvalue weighted by molar-refractivity contribution is 7.19. The molecule has 1 unspecified atom stereocenters. The number of aliphatic carboxylic acids is 1. The van der Waals surface area contributed by atoms with Crippen LogP contribution >= 0.6 is 11.3 Å². The van der Waals surface area contributed by atoms with E-state index >= 15 is 0 Å². The molecule has 1 atom stereocenters. The first-order valence-electron chi connectivity index (χ1n) is 8.23. The number of nitrogens with zero attached hydrogens (tertiary/aromatic N) is 4. The van der Waals surface area contributed by atoms with Crippen LogP contribution in [0.3, 0.4) is 0 Å². The van der Waals surface area contributed by atoms with Gasteiger partial charge in [-0.2, -0.15) is 5.10 Å². The molecule has 26 heavy (non-hydrogen) atoms. The second-order valence-corrected chi connectivity index (χ2v) is 7.42. The standard InChI is InChI=1S/C17H14N6O2S/c24-17(25)8-1-2-10-12(3-8)26-16-14(10)15(19-7-20-16)22-13-4-9-5-21-23-11(9)6-18-13/h4-8H,1-3H2,(H,21,23)(H,24,25)(H,18,19,20,22). The zero-order chi connectivity index (χ0) is 17.7. The molecule has 1 aliphatic rings. The Hall–Kier alpha value is -3.07. The number of aromatic nitrogens is 5. The summed E-state index contributed by atoms with van der Waals surface area (Å²) in [5, 5.41) is 21.4. The van der Waals surface area contributed by atoms with E-state index in [0.29, 0.717) is 24.5 Å². The lowest BCUT2D eigenvalue weighted by atomic mass is 9.88. The van der Waals surface area contributed by atoms with Crippen LogP contribution in [0.1, 0.15) is 16.9 Å². The SMILES string of the molecule is O=C(O)C1CCc2c(sc3ncnc(Nc4cc5cn[nH]c5cn4)c23)C1. The first kappa shape index (κ1) is 15.2. The highest BCUT2D eigenvalue weighted by Crippen LogP contribution is 2.40. The fourth-order valence-corrected chi connectivity index (χ4v) is 4.72.